The Labute approximate surface area is 197 Å². The average molecular weight is 450 g/mol. The molecule has 0 unspecified atom stereocenters. The van der Waals surface area contributed by atoms with Gasteiger partial charge in [0.15, 0.2) is 0 Å². The van der Waals surface area contributed by atoms with E-state index in [9.17, 15) is 14.4 Å². The van der Waals surface area contributed by atoms with E-state index in [1.165, 1.54) is 0 Å². The Bertz CT molecular complexity index is 957. The zero-order chi connectivity index (χ0) is 24.0. The third kappa shape index (κ3) is 6.01. The first kappa shape index (κ1) is 24.5. The number of hydrogen-bond acceptors (Lipinski definition) is 3. The van der Waals surface area contributed by atoms with Gasteiger partial charge < -0.3 is 15.1 Å². The van der Waals surface area contributed by atoms with Gasteiger partial charge in [0.05, 0.1) is 0 Å². The van der Waals surface area contributed by atoms with Crippen molar-refractivity contribution in [3.63, 3.8) is 0 Å². The fourth-order valence-electron chi connectivity index (χ4n) is 4.36. The molecule has 1 aliphatic heterocycles. The minimum Gasteiger partial charge on any atom is -0.341 e. The van der Waals surface area contributed by atoms with Crippen LogP contribution in [-0.4, -0.2) is 59.7 Å². The van der Waals surface area contributed by atoms with E-state index >= 15 is 0 Å². The number of likely N-dealkylation sites (N-methyl/N-ethyl adjacent to an activating group) is 1. The average Bonchev–Trinajstić information content (AvgIpc) is 2.83. The van der Waals surface area contributed by atoms with Gasteiger partial charge in [-0.15, -0.1) is 0 Å². The lowest BCUT2D eigenvalue weighted by atomic mass is 9.87. The largest absolute Gasteiger partial charge is 0.341 e. The number of likely N-dealkylation sites (tertiary alicyclic amines) is 1. The molecular formula is C27H35N3O3. The number of rotatable bonds is 7. The van der Waals surface area contributed by atoms with Crippen molar-refractivity contribution in [2.75, 3.05) is 26.2 Å². The maximum Gasteiger partial charge on any atom is 0.253 e. The van der Waals surface area contributed by atoms with Crippen LogP contribution < -0.4 is 5.32 Å². The van der Waals surface area contributed by atoms with Gasteiger partial charge in [0.2, 0.25) is 5.91 Å². The monoisotopic (exact) mass is 449 g/mol. The van der Waals surface area contributed by atoms with Crippen LogP contribution in [0.1, 0.15) is 58.5 Å². The normalized spacial score (nSPS) is 15.1. The molecule has 3 rings (SSSR count). The van der Waals surface area contributed by atoms with Crippen LogP contribution in [-0.2, 0) is 4.79 Å². The minimum atomic E-state index is -0.602. The first-order valence-corrected chi connectivity index (χ1v) is 11.9. The van der Waals surface area contributed by atoms with E-state index in [2.05, 4.69) is 5.32 Å². The second kappa shape index (κ2) is 11.1. The van der Waals surface area contributed by atoms with Crippen LogP contribution in [0, 0.1) is 19.8 Å². The molecule has 1 N–H and O–H groups in total. The Morgan fingerprint density at radius 2 is 1.36 bits per heavy atom. The molecule has 1 fully saturated rings. The Balaban J connectivity index is 1.72. The summed E-state index contributed by atoms with van der Waals surface area (Å²) in [7, 11) is 0. The van der Waals surface area contributed by atoms with Gasteiger partial charge in [0.1, 0.15) is 6.04 Å². The number of amides is 3. The van der Waals surface area contributed by atoms with Crippen molar-refractivity contribution in [1.29, 1.82) is 0 Å². The molecule has 0 spiro atoms. The van der Waals surface area contributed by atoms with Crippen LogP contribution >= 0.6 is 0 Å². The van der Waals surface area contributed by atoms with Gasteiger partial charge >= 0.3 is 0 Å². The molecule has 3 amide bonds. The van der Waals surface area contributed by atoms with E-state index < -0.39 is 6.04 Å². The van der Waals surface area contributed by atoms with Crippen LogP contribution in [0.5, 0.6) is 0 Å². The highest BCUT2D eigenvalue weighted by atomic mass is 16.2. The van der Waals surface area contributed by atoms with E-state index in [1.807, 2.05) is 69.0 Å². The molecule has 2 aromatic carbocycles. The van der Waals surface area contributed by atoms with Crippen molar-refractivity contribution < 1.29 is 14.4 Å². The molecular weight excluding hydrogens is 414 g/mol. The topological polar surface area (TPSA) is 69.7 Å². The molecule has 0 saturated carbocycles. The highest BCUT2D eigenvalue weighted by molar-refractivity contribution is 5.98. The van der Waals surface area contributed by atoms with Crippen molar-refractivity contribution in [1.82, 2.24) is 15.1 Å². The second-order valence-electron chi connectivity index (χ2n) is 8.82. The standard InChI is InChI=1S/C27H35N3O3/c1-5-29(6-2)27(33)24(28-25(31)22-11-7-19(3)8-12-22)21-15-17-30(18-16-21)26(32)23-13-9-20(4)10-14-23/h7-14,21,24H,5-6,15-18H2,1-4H3,(H,28,31)/t24-/m1/s1. The third-order valence-electron chi connectivity index (χ3n) is 6.54. The molecule has 1 atom stereocenters. The molecule has 0 radical (unpaired) electrons. The lowest BCUT2D eigenvalue weighted by Crippen LogP contribution is -2.54. The van der Waals surface area contributed by atoms with Crippen molar-refractivity contribution in [2.24, 2.45) is 5.92 Å². The van der Waals surface area contributed by atoms with Gasteiger partial charge in [-0.05, 0) is 70.7 Å². The SMILES string of the molecule is CCN(CC)C(=O)[C@H](NC(=O)c1ccc(C)cc1)C1CCN(C(=O)c2ccc(C)cc2)CC1. The molecule has 33 heavy (non-hydrogen) atoms. The number of piperidine rings is 1. The summed E-state index contributed by atoms with van der Waals surface area (Å²) in [6.45, 7) is 10.2. The van der Waals surface area contributed by atoms with Crippen LogP contribution in [0.3, 0.4) is 0 Å². The summed E-state index contributed by atoms with van der Waals surface area (Å²) in [6, 6.07) is 14.4. The van der Waals surface area contributed by atoms with Crippen LogP contribution in [0.2, 0.25) is 0 Å². The summed E-state index contributed by atoms with van der Waals surface area (Å²) >= 11 is 0. The predicted molar refractivity (Wildman–Crippen MR) is 130 cm³/mol. The molecule has 1 aliphatic rings. The van der Waals surface area contributed by atoms with Crippen LogP contribution in [0.4, 0.5) is 0 Å². The maximum absolute atomic E-state index is 13.3. The van der Waals surface area contributed by atoms with E-state index in [0.29, 0.717) is 50.1 Å². The van der Waals surface area contributed by atoms with Gasteiger partial charge in [-0.2, -0.15) is 0 Å². The Morgan fingerprint density at radius 1 is 0.879 bits per heavy atom. The minimum absolute atomic E-state index is 0.0174. The van der Waals surface area contributed by atoms with Crippen molar-refractivity contribution in [3.05, 3.63) is 70.8 Å². The third-order valence-corrected chi connectivity index (χ3v) is 6.54. The fraction of sp³-hybridized carbons (Fsp3) is 0.444. The second-order valence-corrected chi connectivity index (χ2v) is 8.82. The molecule has 6 heteroatoms. The van der Waals surface area contributed by atoms with E-state index in [-0.39, 0.29) is 23.6 Å². The zero-order valence-electron chi connectivity index (χ0n) is 20.1. The molecule has 6 nitrogen and oxygen atoms in total. The molecule has 1 heterocycles. The van der Waals surface area contributed by atoms with E-state index in [0.717, 1.165) is 11.1 Å². The summed E-state index contributed by atoms with van der Waals surface area (Å²) in [5.74, 6) is -0.291. The Hall–Kier alpha value is -3.15. The van der Waals surface area contributed by atoms with Crippen molar-refractivity contribution >= 4 is 17.7 Å². The predicted octanol–water partition coefficient (Wildman–Crippen LogP) is 3.82. The number of nitrogens with zero attached hydrogens (tertiary/aromatic N) is 2. The molecule has 1 saturated heterocycles. The summed E-state index contributed by atoms with van der Waals surface area (Å²) in [5.41, 5.74) is 3.42. The van der Waals surface area contributed by atoms with Crippen LogP contribution in [0.25, 0.3) is 0 Å². The van der Waals surface area contributed by atoms with E-state index in [4.69, 9.17) is 0 Å². The quantitative estimate of drug-likeness (QED) is 0.699. The fourth-order valence-corrected chi connectivity index (χ4v) is 4.36. The highest BCUT2D eigenvalue weighted by Crippen LogP contribution is 2.24. The van der Waals surface area contributed by atoms with Gasteiger partial charge in [0.25, 0.3) is 11.8 Å². The zero-order valence-corrected chi connectivity index (χ0v) is 20.1. The summed E-state index contributed by atoms with van der Waals surface area (Å²) in [5, 5.41) is 3.02. The number of hydrogen-bond donors (Lipinski definition) is 1. The smallest absolute Gasteiger partial charge is 0.253 e. The summed E-state index contributed by atoms with van der Waals surface area (Å²) in [6.07, 6.45) is 1.34. The Kier molecular flexibility index (Phi) is 8.26. The van der Waals surface area contributed by atoms with E-state index in [1.54, 1.807) is 17.0 Å². The van der Waals surface area contributed by atoms with Gasteiger partial charge in [-0.25, -0.2) is 0 Å². The molecule has 0 aliphatic carbocycles. The molecule has 2 aromatic rings. The van der Waals surface area contributed by atoms with Gasteiger partial charge in [-0.1, -0.05) is 35.4 Å². The van der Waals surface area contributed by atoms with Gasteiger partial charge in [0, 0.05) is 37.3 Å². The first-order valence-electron chi connectivity index (χ1n) is 11.9. The number of benzene rings is 2. The van der Waals surface area contributed by atoms with Crippen LogP contribution in [0.15, 0.2) is 48.5 Å². The summed E-state index contributed by atoms with van der Waals surface area (Å²) in [4.78, 5) is 42.8. The highest BCUT2D eigenvalue weighted by Gasteiger charge is 2.35. The number of carbonyl (C=O) groups excluding carboxylic acids is 3. The first-order chi connectivity index (χ1) is 15.8. The summed E-state index contributed by atoms with van der Waals surface area (Å²) < 4.78 is 0. The lowest BCUT2D eigenvalue weighted by molar-refractivity contribution is -0.134. The molecule has 0 aromatic heterocycles. The van der Waals surface area contributed by atoms with Crippen molar-refractivity contribution in [3.8, 4) is 0 Å². The molecule has 176 valence electrons. The van der Waals surface area contributed by atoms with Crippen molar-refractivity contribution in [2.45, 2.75) is 46.6 Å². The van der Waals surface area contributed by atoms with Gasteiger partial charge in [-0.3, -0.25) is 14.4 Å². The molecule has 0 bridgehead atoms. The Morgan fingerprint density at radius 3 is 1.85 bits per heavy atom. The number of nitrogens with one attached hydrogen (secondary N) is 1. The number of aryl methyl sites for hydroxylation is 2. The number of carbonyl (C=O) groups is 3. The lowest BCUT2D eigenvalue weighted by Gasteiger charge is -2.37. The maximum atomic E-state index is 13.3.